The largest absolute Gasteiger partial charge is 0.236 e. The van der Waals surface area contributed by atoms with E-state index in [9.17, 15) is 0 Å². The zero-order chi connectivity index (χ0) is 11.8. The summed E-state index contributed by atoms with van der Waals surface area (Å²) in [5, 5.41) is 9.76. The van der Waals surface area contributed by atoms with Crippen molar-refractivity contribution in [2.45, 2.75) is 26.2 Å². The van der Waals surface area contributed by atoms with E-state index < -0.39 is 0 Å². The second-order valence-electron chi connectivity index (χ2n) is 4.63. The highest BCUT2D eigenvalue weighted by atomic mass is 15.0. The molecule has 2 rings (SSSR count). The number of nitrogens with zero attached hydrogens (tertiary/aromatic N) is 4. The van der Waals surface area contributed by atoms with Gasteiger partial charge in [0.25, 0.3) is 0 Å². The lowest BCUT2D eigenvalue weighted by Gasteiger charge is -2.16. The third kappa shape index (κ3) is 1.72. The first-order valence-corrected chi connectivity index (χ1v) is 5.06. The Morgan fingerprint density at radius 3 is 2.62 bits per heavy atom. The lowest BCUT2D eigenvalue weighted by atomic mass is 9.95. The second kappa shape index (κ2) is 3.53. The number of pyridine rings is 1. The van der Waals surface area contributed by atoms with Crippen molar-refractivity contribution in [3.63, 3.8) is 0 Å². The van der Waals surface area contributed by atoms with Crippen molar-refractivity contribution in [2.75, 3.05) is 0 Å². The molecule has 4 heteroatoms. The molecule has 2 aromatic heterocycles. The average Bonchev–Trinajstić information content (AvgIpc) is 2.26. The fraction of sp³-hybridized carbons (Fsp3) is 0.333. The molecule has 0 radical (unpaired) electrons. The molecule has 2 aromatic rings. The van der Waals surface area contributed by atoms with E-state index in [4.69, 9.17) is 5.26 Å². The van der Waals surface area contributed by atoms with E-state index in [-0.39, 0.29) is 5.41 Å². The summed E-state index contributed by atoms with van der Waals surface area (Å²) in [7, 11) is 0. The Bertz CT molecular complexity index is 576. The third-order valence-corrected chi connectivity index (χ3v) is 2.25. The van der Waals surface area contributed by atoms with Gasteiger partial charge in [-0.3, -0.25) is 0 Å². The Morgan fingerprint density at radius 1 is 1.25 bits per heavy atom. The number of fused-ring (bicyclic) bond motifs is 1. The molecule has 4 nitrogen and oxygen atoms in total. The third-order valence-electron chi connectivity index (χ3n) is 2.25. The van der Waals surface area contributed by atoms with Gasteiger partial charge in [-0.1, -0.05) is 20.8 Å². The number of hydrogen-bond donors (Lipinski definition) is 0. The first-order valence-electron chi connectivity index (χ1n) is 5.06. The summed E-state index contributed by atoms with van der Waals surface area (Å²) in [6.07, 6.45) is 1.67. The average molecular weight is 212 g/mol. The molecular formula is C12H12N4. The maximum atomic E-state index is 9.06. The highest BCUT2D eigenvalue weighted by Gasteiger charge is 2.19. The van der Waals surface area contributed by atoms with Crippen molar-refractivity contribution in [1.29, 1.82) is 5.26 Å². The Morgan fingerprint density at radius 2 is 2.00 bits per heavy atom. The predicted molar refractivity (Wildman–Crippen MR) is 60.7 cm³/mol. The van der Waals surface area contributed by atoms with Crippen LogP contribution in [0.1, 0.15) is 32.3 Å². The Balaban J connectivity index is 2.80. The molecule has 0 bridgehead atoms. The topological polar surface area (TPSA) is 62.5 Å². The zero-order valence-electron chi connectivity index (χ0n) is 9.52. The van der Waals surface area contributed by atoms with Gasteiger partial charge in [0.15, 0.2) is 11.3 Å². The number of rotatable bonds is 0. The van der Waals surface area contributed by atoms with Gasteiger partial charge in [-0.15, -0.1) is 0 Å². The lowest BCUT2D eigenvalue weighted by Crippen LogP contribution is -2.17. The SMILES string of the molecule is CC(C)(C)c1nc(C#N)c2cccnc2n1. The van der Waals surface area contributed by atoms with Crippen LogP contribution < -0.4 is 0 Å². The van der Waals surface area contributed by atoms with Crippen LogP contribution in [0.2, 0.25) is 0 Å². The van der Waals surface area contributed by atoms with Crippen LogP contribution in [0.4, 0.5) is 0 Å². The zero-order valence-corrected chi connectivity index (χ0v) is 9.52. The quantitative estimate of drug-likeness (QED) is 0.671. The molecule has 0 N–H and O–H groups in total. The molecule has 0 saturated carbocycles. The minimum Gasteiger partial charge on any atom is -0.236 e. The summed E-state index contributed by atoms with van der Waals surface area (Å²) in [5.41, 5.74) is 0.791. The van der Waals surface area contributed by atoms with Crippen molar-refractivity contribution in [2.24, 2.45) is 0 Å². The highest BCUT2D eigenvalue weighted by molar-refractivity contribution is 5.79. The van der Waals surface area contributed by atoms with Gasteiger partial charge in [0.2, 0.25) is 0 Å². The minimum atomic E-state index is -0.183. The molecule has 0 atom stereocenters. The summed E-state index contributed by atoms with van der Waals surface area (Å²) in [6.45, 7) is 6.04. The van der Waals surface area contributed by atoms with Crippen molar-refractivity contribution in [1.82, 2.24) is 15.0 Å². The molecule has 0 aliphatic heterocycles. The van der Waals surface area contributed by atoms with E-state index in [0.717, 1.165) is 0 Å². The normalized spacial score (nSPS) is 11.4. The first kappa shape index (κ1) is 10.5. The summed E-state index contributed by atoms with van der Waals surface area (Å²) >= 11 is 0. The molecular weight excluding hydrogens is 200 g/mol. The fourth-order valence-corrected chi connectivity index (χ4v) is 1.38. The summed E-state index contributed by atoms with van der Waals surface area (Å²) in [6, 6.07) is 5.69. The summed E-state index contributed by atoms with van der Waals surface area (Å²) < 4.78 is 0. The van der Waals surface area contributed by atoms with Crippen molar-refractivity contribution in [3.8, 4) is 6.07 Å². The molecule has 0 amide bonds. The molecule has 0 fully saturated rings. The second-order valence-corrected chi connectivity index (χ2v) is 4.63. The molecule has 0 aromatic carbocycles. The summed E-state index contributed by atoms with van der Waals surface area (Å²) in [5.74, 6) is 0.648. The Labute approximate surface area is 94.0 Å². The molecule has 80 valence electrons. The van der Waals surface area contributed by atoms with Gasteiger partial charge in [0.05, 0.1) is 5.39 Å². The van der Waals surface area contributed by atoms with E-state index in [0.29, 0.717) is 22.6 Å². The maximum Gasteiger partial charge on any atom is 0.164 e. The van der Waals surface area contributed by atoms with Crippen molar-refractivity contribution >= 4 is 11.0 Å². The smallest absolute Gasteiger partial charge is 0.164 e. The van der Waals surface area contributed by atoms with Crippen LogP contribution >= 0.6 is 0 Å². The van der Waals surface area contributed by atoms with Crippen LogP contribution in [0.25, 0.3) is 11.0 Å². The Hall–Kier alpha value is -2.02. The molecule has 2 heterocycles. The van der Waals surface area contributed by atoms with Crippen LogP contribution in [-0.4, -0.2) is 15.0 Å². The monoisotopic (exact) mass is 212 g/mol. The fourth-order valence-electron chi connectivity index (χ4n) is 1.38. The standard InChI is InChI=1S/C12H12N4/c1-12(2,3)11-15-9(7-13)8-5-4-6-14-10(8)16-11/h4-6H,1-3H3. The Kier molecular flexibility index (Phi) is 2.31. The van der Waals surface area contributed by atoms with E-state index >= 15 is 0 Å². The van der Waals surface area contributed by atoms with Gasteiger partial charge < -0.3 is 0 Å². The highest BCUT2D eigenvalue weighted by Crippen LogP contribution is 2.21. The van der Waals surface area contributed by atoms with E-state index in [1.807, 2.05) is 26.8 Å². The van der Waals surface area contributed by atoms with Gasteiger partial charge in [-0.2, -0.15) is 5.26 Å². The van der Waals surface area contributed by atoms with Crippen LogP contribution in [0.3, 0.4) is 0 Å². The molecule has 0 aliphatic carbocycles. The van der Waals surface area contributed by atoms with Crippen LogP contribution in [0.5, 0.6) is 0 Å². The summed E-state index contributed by atoms with van der Waals surface area (Å²) in [4.78, 5) is 12.8. The van der Waals surface area contributed by atoms with Crippen LogP contribution in [0.15, 0.2) is 18.3 Å². The lowest BCUT2D eigenvalue weighted by molar-refractivity contribution is 0.547. The minimum absolute atomic E-state index is 0.183. The number of nitriles is 1. The van der Waals surface area contributed by atoms with Crippen molar-refractivity contribution < 1.29 is 0 Å². The molecule has 0 aliphatic rings. The van der Waals surface area contributed by atoms with Gasteiger partial charge in [-0.05, 0) is 12.1 Å². The van der Waals surface area contributed by atoms with Gasteiger partial charge in [0.1, 0.15) is 11.9 Å². The molecule has 0 spiro atoms. The number of hydrogen-bond acceptors (Lipinski definition) is 4. The predicted octanol–water partition coefficient (Wildman–Crippen LogP) is 2.19. The first-order chi connectivity index (χ1) is 7.52. The van der Waals surface area contributed by atoms with Gasteiger partial charge in [-0.25, -0.2) is 15.0 Å². The molecule has 0 unspecified atom stereocenters. The molecule has 0 saturated heterocycles. The maximum absolute atomic E-state index is 9.06. The number of aromatic nitrogens is 3. The van der Waals surface area contributed by atoms with Gasteiger partial charge in [0, 0.05) is 11.6 Å². The van der Waals surface area contributed by atoms with Gasteiger partial charge >= 0.3 is 0 Å². The van der Waals surface area contributed by atoms with Crippen LogP contribution in [-0.2, 0) is 5.41 Å². The van der Waals surface area contributed by atoms with Crippen molar-refractivity contribution in [3.05, 3.63) is 29.8 Å². The van der Waals surface area contributed by atoms with Crippen LogP contribution in [0, 0.1) is 11.3 Å². The van der Waals surface area contributed by atoms with E-state index in [2.05, 4.69) is 21.0 Å². The van der Waals surface area contributed by atoms with E-state index in [1.54, 1.807) is 12.3 Å². The molecule has 16 heavy (non-hydrogen) atoms. The van der Waals surface area contributed by atoms with E-state index in [1.165, 1.54) is 0 Å².